The lowest BCUT2D eigenvalue weighted by atomic mass is 10.2. The number of unbranched alkanes of at least 4 members (excludes halogenated alkanes) is 1. The van der Waals surface area contributed by atoms with Crippen LogP contribution in [-0.2, 0) is 9.84 Å². The Morgan fingerprint density at radius 1 is 1.07 bits per heavy atom. The number of rotatable bonds is 9. The monoisotopic (exact) mass is 235 g/mol. The predicted octanol–water partition coefficient (Wildman–Crippen LogP) is 1.98. The van der Waals surface area contributed by atoms with E-state index in [4.69, 9.17) is 0 Å². The van der Waals surface area contributed by atoms with E-state index in [0.29, 0.717) is 18.3 Å². The summed E-state index contributed by atoms with van der Waals surface area (Å²) in [5.74, 6) is 0.623. The van der Waals surface area contributed by atoms with Gasteiger partial charge in [-0.05, 0) is 19.3 Å². The van der Waals surface area contributed by atoms with Gasteiger partial charge in [-0.2, -0.15) is 0 Å². The van der Waals surface area contributed by atoms with Crippen LogP contribution in [-0.4, -0.2) is 32.5 Å². The second-order valence-electron chi connectivity index (χ2n) is 3.97. The van der Waals surface area contributed by atoms with Crippen LogP contribution in [0.15, 0.2) is 0 Å². The SMILES string of the molecule is CCCCS(=O)(=O)CCNC(CC)CC. The summed E-state index contributed by atoms with van der Waals surface area (Å²) in [6.07, 6.45) is 3.85. The van der Waals surface area contributed by atoms with Gasteiger partial charge in [-0.15, -0.1) is 0 Å². The highest BCUT2D eigenvalue weighted by Gasteiger charge is 2.10. The minimum atomic E-state index is -2.82. The van der Waals surface area contributed by atoms with E-state index in [1.807, 2.05) is 6.92 Å². The van der Waals surface area contributed by atoms with Gasteiger partial charge in [0.25, 0.3) is 0 Å². The Morgan fingerprint density at radius 3 is 2.13 bits per heavy atom. The molecule has 0 saturated carbocycles. The van der Waals surface area contributed by atoms with Crippen LogP contribution < -0.4 is 5.32 Å². The number of hydrogen-bond donors (Lipinski definition) is 1. The fraction of sp³-hybridized carbons (Fsp3) is 1.00. The predicted molar refractivity (Wildman–Crippen MR) is 65.9 cm³/mol. The van der Waals surface area contributed by atoms with Gasteiger partial charge in [0, 0.05) is 12.6 Å². The molecule has 0 aromatic carbocycles. The lowest BCUT2D eigenvalue weighted by Crippen LogP contribution is -2.32. The summed E-state index contributed by atoms with van der Waals surface area (Å²) in [5.41, 5.74) is 0. The summed E-state index contributed by atoms with van der Waals surface area (Å²) in [6.45, 7) is 6.84. The molecular formula is C11H25NO2S. The minimum absolute atomic E-state index is 0.281. The molecule has 0 saturated heterocycles. The third kappa shape index (κ3) is 7.79. The largest absolute Gasteiger partial charge is 0.313 e. The Bertz CT molecular complexity index is 233. The van der Waals surface area contributed by atoms with Gasteiger partial charge in [0.1, 0.15) is 0 Å². The van der Waals surface area contributed by atoms with Gasteiger partial charge >= 0.3 is 0 Å². The van der Waals surface area contributed by atoms with Crippen LogP contribution >= 0.6 is 0 Å². The van der Waals surface area contributed by atoms with E-state index < -0.39 is 9.84 Å². The molecule has 0 aromatic heterocycles. The van der Waals surface area contributed by atoms with Crippen molar-refractivity contribution < 1.29 is 8.42 Å². The van der Waals surface area contributed by atoms with E-state index in [1.165, 1.54) is 0 Å². The zero-order chi connectivity index (χ0) is 11.7. The van der Waals surface area contributed by atoms with Crippen LogP contribution in [0.5, 0.6) is 0 Å². The second kappa shape index (κ2) is 8.11. The van der Waals surface area contributed by atoms with E-state index in [-0.39, 0.29) is 5.75 Å². The molecule has 0 bridgehead atoms. The summed E-state index contributed by atoms with van der Waals surface area (Å²) < 4.78 is 23.0. The number of hydrogen-bond acceptors (Lipinski definition) is 3. The molecule has 0 radical (unpaired) electrons. The van der Waals surface area contributed by atoms with Crippen LogP contribution in [0, 0.1) is 0 Å². The maximum absolute atomic E-state index is 11.5. The van der Waals surface area contributed by atoms with Crippen LogP contribution in [0.25, 0.3) is 0 Å². The van der Waals surface area contributed by atoms with E-state index in [0.717, 1.165) is 25.7 Å². The fourth-order valence-corrected chi connectivity index (χ4v) is 2.82. The van der Waals surface area contributed by atoms with Crippen molar-refractivity contribution in [1.29, 1.82) is 0 Å². The standard InChI is InChI=1S/C11H25NO2S/c1-4-7-9-15(13,14)10-8-12-11(5-2)6-3/h11-12H,4-10H2,1-3H3. The molecule has 0 spiro atoms. The average molecular weight is 235 g/mol. The first-order valence-electron chi connectivity index (χ1n) is 5.99. The van der Waals surface area contributed by atoms with Crippen molar-refractivity contribution in [1.82, 2.24) is 5.32 Å². The highest BCUT2D eigenvalue weighted by molar-refractivity contribution is 7.91. The van der Waals surface area contributed by atoms with Crippen molar-refractivity contribution in [2.24, 2.45) is 0 Å². The molecule has 0 amide bonds. The Kier molecular flexibility index (Phi) is 8.06. The van der Waals surface area contributed by atoms with Crippen molar-refractivity contribution in [3.8, 4) is 0 Å². The zero-order valence-corrected chi connectivity index (χ0v) is 11.1. The third-order valence-electron chi connectivity index (χ3n) is 2.64. The normalized spacial score (nSPS) is 12.3. The maximum atomic E-state index is 11.5. The Hall–Kier alpha value is -0.0900. The summed E-state index contributed by atoms with van der Waals surface area (Å²) in [7, 11) is -2.82. The van der Waals surface area contributed by atoms with Crippen molar-refractivity contribution in [3.05, 3.63) is 0 Å². The number of nitrogens with one attached hydrogen (secondary N) is 1. The Morgan fingerprint density at radius 2 is 1.67 bits per heavy atom. The molecule has 0 atom stereocenters. The summed E-state index contributed by atoms with van der Waals surface area (Å²) in [5, 5.41) is 3.27. The molecule has 0 aliphatic heterocycles. The van der Waals surface area contributed by atoms with Crippen molar-refractivity contribution in [2.45, 2.75) is 52.5 Å². The smallest absolute Gasteiger partial charge is 0.151 e. The molecular weight excluding hydrogens is 210 g/mol. The van der Waals surface area contributed by atoms with Gasteiger partial charge < -0.3 is 5.32 Å². The van der Waals surface area contributed by atoms with E-state index in [2.05, 4.69) is 19.2 Å². The van der Waals surface area contributed by atoms with Gasteiger partial charge in [-0.25, -0.2) is 8.42 Å². The van der Waals surface area contributed by atoms with Gasteiger partial charge in [0.15, 0.2) is 9.84 Å². The highest BCUT2D eigenvalue weighted by Crippen LogP contribution is 1.98. The van der Waals surface area contributed by atoms with Gasteiger partial charge in [-0.3, -0.25) is 0 Å². The van der Waals surface area contributed by atoms with E-state index in [1.54, 1.807) is 0 Å². The van der Waals surface area contributed by atoms with Crippen molar-refractivity contribution >= 4 is 9.84 Å². The van der Waals surface area contributed by atoms with E-state index in [9.17, 15) is 8.42 Å². The quantitative estimate of drug-likeness (QED) is 0.664. The first-order chi connectivity index (χ1) is 7.05. The zero-order valence-electron chi connectivity index (χ0n) is 10.3. The van der Waals surface area contributed by atoms with Gasteiger partial charge in [0.05, 0.1) is 11.5 Å². The minimum Gasteiger partial charge on any atom is -0.313 e. The third-order valence-corrected chi connectivity index (χ3v) is 4.38. The molecule has 0 fully saturated rings. The topological polar surface area (TPSA) is 46.2 Å². The van der Waals surface area contributed by atoms with Gasteiger partial charge in [-0.1, -0.05) is 27.2 Å². The lowest BCUT2D eigenvalue weighted by Gasteiger charge is -2.14. The molecule has 15 heavy (non-hydrogen) atoms. The summed E-state index contributed by atoms with van der Waals surface area (Å²) in [4.78, 5) is 0. The molecule has 3 nitrogen and oxygen atoms in total. The molecule has 1 N–H and O–H groups in total. The Labute approximate surface area is 94.6 Å². The molecule has 4 heteroatoms. The van der Waals surface area contributed by atoms with Crippen LogP contribution in [0.4, 0.5) is 0 Å². The summed E-state index contributed by atoms with van der Waals surface area (Å²) >= 11 is 0. The van der Waals surface area contributed by atoms with Gasteiger partial charge in [0.2, 0.25) is 0 Å². The van der Waals surface area contributed by atoms with Crippen LogP contribution in [0.2, 0.25) is 0 Å². The van der Waals surface area contributed by atoms with Crippen molar-refractivity contribution in [2.75, 3.05) is 18.1 Å². The molecule has 92 valence electrons. The molecule has 0 aromatic rings. The second-order valence-corrected chi connectivity index (χ2v) is 6.28. The van der Waals surface area contributed by atoms with Crippen LogP contribution in [0.3, 0.4) is 0 Å². The average Bonchev–Trinajstić information content (AvgIpc) is 2.22. The molecule has 0 aliphatic rings. The van der Waals surface area contributed by atoms with E-state index >= 15 is 0 Å². The molecule has 0 heterocycles. The molecule has 0 unspecified atom stereocenters. The first kappa shape index (κ1) is 14.9. The lowest BCUT2D eigenvalue weighted by molar-refractivity contribution is 0.497. The van der Waals surface area contributed by atoms with Crippen molar-refractivity contribution in [3.63, 3.8) is 0 Å². The number of sulfone groups is 1. The highest BCUT2D eigenvalue weighted by atomic mass is 32.2. The summed E-state index contributed by atoms with van der Waals surface area (Å²) in [6, 6.07) is 0.464. The molecule has 0 aliphatic carbocycles. The first-order valence-corrected chi connectivity index (χ1v) is 7.81. The van der Waals surface area contributed by atoms with Crippen LogP contribution in [0.1, 0.15) is 46.5 Å². The Balaban J connectivity index is 3.74. The molecule has 0 rings (SSSR count). The fourth-order valence-electron chi connectivity index (χ4n) is 1.46. The maximum Gasteiger partial charge on any atom is 0.151 e.